The van der Waals surface area contributed by atoms with E-state index in [0.717, 1.165) is 12.1 Å². The van der Waals surface area contributed by atoms with E-state index in [1.165, 1.54) is 24.3 Å². The van der Waals surface area contributed by atoms with Crippen molar-refractivity contribution >= 4 is 5.78 Å². The molecule has 0 aliphatic carbocycles. The smallest absolute Gasteiger partial charge is 0.292 e. The van der Waals surface area contributed by atoms with Gasteiger partial charge in [0.25, 0.3) is 0 Å². The van der Waals surface area contributed by atoms with Gasteiger partial charge in [0.1, 0.15) is 11.5 Å². The number of alkyl halides is 3. The average Bonchev–Trinajstić information content (AvgIpc) is 2.40. The van der Waals surface area contributed by atoms with Crippen molar-refractivity contribution in [1.29, 1.82) is 0 Å². The van der Waals surface area contributed by atoms with Gasteiger partial charge in [-0.1, -0.05) is 12.1 Å². The molecule has 2 rings (SSSR count). The molecule has 0 spiro atoms. The fraction of sp³-hybridized carbons (Fsp3) is 0.143. The number of rotatable bonds is 3. The first-order valence-corrected chi connectivity index (χ1v) is 5.67. The molecule has 20 heavy (non-hydrogen) atoms. The van der Waals surface area contributed by atoms with Crippen LogP contribution in [-0.4, -0.2) is 10.8 Å². The van der Waals surface area contributed by atoms with Gasteiger partial charge in [0.05, 0.1) is 5.56 Å². The van der Waals surface area contributed by atoms with Gasteiger partial charge in [0.2, 0.25) is 0 Å². The SMILES string of the molecule is O=C(Cc1ccc(F)cc1)c1ccc(C(F)(F)F)cn1. The van der Waals surface area contributed by atoms with E-state index in [9.17, 15) is 22.4 Å². The van der Waals surface area contributed by atoms with E-state index in [1.54, 1.807) is 0 Å². The van der Waals surface area contributed by atoms with E-state index in [-0.39, 0.29) is 12.1 Å². The molecule has 0 unspecified atom stereocenters. The third-order valence-corrected chi connectivity index (χ3v) is 2.65. The molecule has 1 heterocycles. The maximum Gasteiger partial charge on any atom is 0.417 e. The molecule has 0 N–H and O–H groups in total. The molecule has 1 aromatic heterocycles. The highest BCUT2D eigenvalue weighted by molar-refractivity contribution is 5.95. The normalized spacial score (nSPS) is 11.4. The summed E-state index contributed by atoms with van der Waals surface area (Å²) in [4.78, 5) is 15.3. The third-order valence-electron chi connectivity index (χ3n) is 2.65. The van der Waals surface area contributed by atoms with E-state index in [4.69, 9.17) is 0 Å². The summed E-state index contributed by atoms with van der Waals surface area (Å²) in [5.74, 6) is -0.848. The largest absolute Gasteiger partial charge is 0.417 e. The summed E-state index contributed by atoms with van der Waals surface area (Å²) in [7, 11) is 0. The minimum absolute atomic E-state index is 0.0430. The molecular formula is C14H9F4NO. The molecule has 2 aromatic rings. The zero-order valence-electron chi connectivity index (χ0n) is 10.1. The second-order valence-corrected chi connectivity index (χ2v) is 4.16. The van der Waals surface area contributed by atoms with E-state index in [1.807, 2.05) is 0 Å². The van der Waals surface area contributed by atoms with Crippen LogP contribution < -0.4 is 0 Å². The predicted octanol–water partition coefficient (Wildman–Crippen LogP) is 3.66. The number of hydrogen-bond donors (Lipinski definition) is 0. The summed E-state index contributed by atoms with van der Waals surface area (Å²) in [6.07, 6.45) is -3.90. The molecule has 0 amide bonds. The predicted molar refractivity (Wildman–Crippen MR) is 63.7 cm³/mol. The molecule has 6 heteroatoms. The monoisotopic (exact) mass is 283 g/mol. The van der Waals surface area contributed by atoms with Gasteiger partial charge in [0.15, 0.2) is 5.78 Å². The number of carbonyl (C=O) groups excluding carboxylic acids is 1. The van der Waals surface area contributed by atoms with Crippen LogP contribution in [0.15, 0.2) is 42.6 Å². The quantitative estimate of drug-likeness (QED) is 0.635. The number of nitrogens with zero attached hydrogens (tertiary/aromatic N) is 1. The van der Waals surface area contributed by atoms with Crippen molar-refractivity contribution in [3.05, 3.63) is 65.2 Å². The number of halogens is 4. The van der Waals surface area contributed by atoms with Gasteiger partial charge in [-0.3, -0.25) is 9.78 Å². The molecule has 104 valence electrons. The van der Waals surface area contributed by atoms with Gasteiger partial charge in [-0.15, -0.1) is 0 Å². The summed E-state index contributed by atoms with van der Waals surface area (Å²) >= 11 is 0. The van der Waals surface area contributed by atoms with Crippen LogP contribution in [-0.2, 0) is 12.6 Å². The van der Waals surface area contributed by atoms with Crippen LogP contribution in [0.3, 0.4) is 0 Å². The first kappa shape index (κ1) is 14.2. The lowest BCUT2D eigenvalue weighted by molar-refractivity contribution is -0.137. The maximum absolute atomic E-state index is 12.7. The highest BCUT2D eigenvalue weighted by Gasteiger charge is 2.30. The minimum atomic E-state index is -4.48. The van der Waals surface area contributed by atoms with Crippen molar-refractivity contribution in [2.45, 2.75) is 12.6 Å². The molecule has 2 nitrogen and oxygen atoms in total. The van der Waals surface area contributed by atoms with Gasteiger partial charge in [-0.25, -0.2) is 4.39 Å². The van der Waals surface area contributed by atoms with Gasteiger partial charge in [-0.05, 0) is 29.8 Å². The van der Waals surface area contributed by atoms with Crippen LogP contribution in [0, 0.1) is 5.82 Å². The maximum atomic E-state index is 12.7. The lowest BCUT2D eigenvalue weighted by Crippen LogP contribution is -2.09. The Bertz CT molecular complexity index is 603. The first-order valence-electron chi connectivity index (χ1n) is 5.67. The topological polar surface area (TPSA) is 30.0 Å². The molecule has 1 aromatic carbocycles. The summed E-state index contributed by atoms with van der Waals surface area (Å²) in [6, 6.07) is 7.15. The Morgan fingerprint density at radius 1 is 1.05 bits per heavy atom. The van der Waals surface area contributed by atoms with Gasteiger partial charge in [-0.2, -0.15) is 13.2 Å². The minimum Gasteiger partial charge on any atom is -0.292 e. The molecule has 0 aliphatic rings. The number of Topliss-reactive ketones (excluding diaryl/α,β-unsaturated/α-hetero) is 1. The molecule has 0 fully saturated rings. The van der Waals surface area contributed by atoms with Crippen LogP contribution >= 0.6 is 0 Å². The first-order chi connectivity index (χ1) is 9.36. The van der Waals surface area contributed by atoms with Crippen molar-refractivity contribution in [3.8, 4) is 0 Å². The van der Waals surface area contributed by atoms with E-state index >= 15 is 0 Å². The second kappa shape index (κ2) is 5.40. The van der Waals surface area contributed by atoms with Crippen molar-refractivity contribution in [2.24, 2.45) is 0 Å². The standard InChI is InChI=1S/C14H9F4NO/c15-11-4-1-9(2-5-11)7-13(20)12-6-3-10(8-19-12)14(16,17)18/h1-6,8H,7H2. The van der Waals surface area contributed by atoms with Crippen molar-refractivity contribution in [2.75, 3.05) is 0 Å². The van der Waals surface area contributed by atoms with Gasteiger partial charge >= 0.3 is 6.18 Å². The Morgan fingerprint density at radius 3 is 2.20 bits per heavy atom. The van der Waals surface area contributed by atoms with E-state index in [0.29, 0.717) is 11.8 Å². The molecule has 0 saturated heterocycles. The highest BCUT2D eigenvalue weighted by atomic mass is 19.4. The molecule has 0 saturated carbocycles. The fourth-order valence-corrected chi connectivity index (χ4v) is 1.60. The number of ketones is 1. The number of benzene rings is 1. The molecule has 0 bridgehead atoms. The van der Waals surface area contributed by atoms with Gasteiger partial charge < -0.3 is 0 Å². The van der Waals surface area contributed by atoms with Crippen LogP contribution in [0.4, 0.5) is 17.6 Å². The number of carbonyl (C=O) groups is 1. The van der Waals surface area contributed by atoms with Crippen LogP contribution in [0.25, 0.3) is 0 Å². The lowest BCUT2D eigenvalue weighted by atomic mass is 10.1. The average molecular weight is 283 g/mol. The van der Waals surface area contributed by atoms with Crippen molar-refractivity contribution in [3.63, 3.8) is 0 Å². The Kier molecular flexibility index (Phi) is 3.83. The molecule has 0 radical (unpaired) electrons. The Balaban J connectivity index is 2.11. The van der Waals surface area contributed by atoms with Crippen molar-refractivity contribution < 1.29 is 22.4 Å². The van der Waals surface area contributed by atoms with Gasteiger partial charge in [0, 0.05) is 12.6 Å². The molecular weight excluding hydrogens is 274 g/mol. The lowest BCUT2D eigenvalue weighted by Gasteiger charge is -2.06. The number of hydrogen-bond acceptors (Lipinski definition) is 2. The summed E-state index contributed by atoms with van der Waals surface area (Å²) in [6.45, 7) is 0. The van der Waals surface area contributed by atoms with Crippen LogP contribution in [0.5, 0.6) is 0 Å². The summed E-state index contributed by atoms with van der Waals surface area (Å²) < 4.78 is 49.7. The second-order valence-electron chi connectivity index (χ2n) is 4.16. The number of pyridine rings is 1. The zero-order valence-corrected chi connectivity index (χ0v) is 10.1. The summed E-state index contributed by atoms with van der Waals surface area (Å²) in [5.41, 5.74) is -0.392. The Labute approximate surface area is 112 Å². The molecule has 0 aliphatic heterocycles. The highest BCUT2D eigenvalue weighted by Crippen LogP contribution is 2.28. The van der Waals surface area contributed by atoms with Crippen LogP contribution in [0.2, 0.25) is 0 Å². The summed E-state index contributed by atoms with van der Waals surface area (Å²) in [5, 5.41) is 0. The van der Waals surface area contributed by atoms with Crippen LogP contribution in [0.1, 0.15) is 21.6 Å². The Hall–Kier alpha value is -2.24. The fourth-order valence-electron chi connectivity index (χ4n) is 1.60. The van der Waals surface area contributed by atoms with E-state index in [2.05, 4.69) is 4.98 Å². The molecule has 0 atom stereocenters. The van der Waals surface area contributed by atoms with Crippen molar-refractivity contribution in [1.82, 2.24) is 4.98 Å². The third kappa shape index (κ3) is 3.40. The zero-order chi connectivity index (χ0) is 14.8. The number of aromatic nitrogens is 1. The Morgan fingerprint density at radius 2 is 1.70 bits per heavy atom. The van der Waals surface area contributed by atoms with E-state index < -0.39 is 23.3 Å².